The van der Waals surface area contributed by atoms with Crippen LogP contribution in [0.15, 0.2) is 29.2 Å². The number of carbonyl (C=O) groups excluding carboxylic acids is 1. The third-order valence-electron chi connectivity index (χ3n) is 4.72. The molecule has 27 heavy (non-hydrogen) atoms. The molecule has 0 N–H and O–H groups in total. The molecular formula is C22H24N2O2S. The second kappa shape index (κ2) is 8.14. The lowest BCUT2D eigenvalue weighted by atomic mass is 9.80. The van der Waals surface area contributed by atoms with Crippen molar-refractivity contribution in [1.82, 2.24) is 10.2 Å². The van der Waals surface area contributed by atoms with Gasteiger partial charge in [-0.1, -0.05) is 19.8 Å². The highest BCUT2D eigenvalue weighted by molar-refractivity contribution is 7.99. The van der Waals surface area contributed by atoms with Crippen molar-refractivity contribution in [2.45, 2.75) is 50.8 Å². The number of aromatic nitrogens is 2. The van der Waals surface area contributed by atoms with Gasteiger partial charge < -0.3 is 4.74 Å². The van der Waals surface area contributed by atoms with E-state index in [0.717, 1.165) is 11.3 Å². The summed E-state index contributed by atoms with van der Waals surface area (Å²) in [6.07, 6.45) is 1.30. The zero-order valence-corrected chi connectivity index (χ0v) is 17.1. The molecule has 0 amide bonds. The van der Waals surface area contributed by atoms with Crippen LogP contribution < -0.4 is 0 Å². The van der Waals surface area contributed by atoms with E-state index in [1.807, 2.05) is 11.8 Å². The van der Waals surface area contributed by atoms with Gasteiger partial charge in [-0.25, -0.2) is 0 Å². The maximum absolute atomic E-state index is 11.5. The van der Waals surface area contributed by atoms with Gasteiger partial charge in [0.15, 0.2) is 0 Å². The zero-order valence-electron chi connectivity index (χ0n) is 16.3. The molecule has 4 nitrogen and oxygen atoms in total. The molecule has 0 saturated carbocycles. The van der Waals surface area contributed by atoms with Crippen molar-refractivity contribution in [3.63, 3.8) is 0 Å². The quantitative estimate of drug-likeness (QED) is 0.594. The number of rotatable bonds is 3. The lowest BCUT2D eigenvalue weighted by Crippen LogP contribution is -2.23. The number of thioether (sulfide) groups is 1. The SMILES string of the molecule is CCOC(=O)Cc1ccc(C#Cc2cc3c(cc2C)SCCC3(C)C)nn1. The fraction of sp³-hybridized carbons (Fsp3) is 0.409. The van der Waals surface area contributed by atoms with Gasteiger partial charge in [-0.3, -0.25) is 4.79 Å². The number of nitrogens with zero attached hydrogens (tertiary/aromatic N) is 2. The van der Waals surface area contributed by atoms with Crippen LogP contribution in [0.5, 0.6) is 0 Å². The van der Waals surface area contributed by atoms with E-state index in [2.05, 4.69) is 54.9 Å². The molecule has 1 aromatic heterocycles. The standard InChI is InChI=1S/C22H24N2O2S/c1-5-26-21(25)14-18-9-8-17(23-24-18)7-6-16-13-19-20(12-15(16)2)27-11-10-22(19,3)4/h8-9,12-13H,5,10-11,14H2,1-4H3. The van der Waals surface area contributed by atoms with Crippen molar-refractivity contribution in [3.05, 3.63) is 52.3 Å². The van der Waals surface area contributed by atoms with Crippen molar-refractivity contribution < 1.29 is 9.53 Å². The molecule has 5 heteroatoms. The number of aryl methyl sites for hydroxylation is 1. The Bertz CT molecular complexity index is 908. The largest absolute Gasteiger partial charge is 0.466 e. The predicted octanol–water partition coefficient (Wildman–Crippen LogP) is 4.06. The summed E-state index contributed by atoms with van der Waals surface area (Å²) in [4.78, 5) is 12.9. The Morgan fingerprint density at radius 1 is 1.26 bits per heavy atom. The van der Waals surface area contributed by atoms with Crippen LogP contribution in [0.1, 0.15) is 55.3 Å². The van der Waals surface area contributed by atoms with E-state index in [0.29, 0.717) is 18.0 Å². The third kappa shape index (κ3) is 4.70. The molecule has 0 radical (unpaired) electrons. The Morgan fingerprint density at radius 3 is 2.78 bits per heavy atom. The topological polar surface area (TPSA) is 52.1 Å². The number of benzene rings is 1. The smallest absolute Gasteiger partial charge is 0.311 e. The van der Waals surface area contributed by atoms with Gasteiger partial charge in [0, 0.05) is 10.5 Å². The molecule has 1 aliphatic heterocycles. The third-order valence-corrected chi connectivity index (χ3v) is 5.77. The minimum atomic E-state index is -0.296. The Balaban J connectivity index is 1.81. The monoisotopic (exact) mass is 380 g/mol. The zero-order chi connectivity index (χ0) is 19.4. The lowest BCUT2D eigenvalue weighted by Gasteiger charge is -2.32. The molecule has 3 rings (SSSR count). The Labute approximate surface area is 165 Å². The van der Waals surface area contributed by atoms with E-state index in [9.17, 15) is 4.79 Å². The van der Waals surface area contributed by atoms with Crippen molar-refractivity contribution >= 4 is 17.7 Å². The molecule has 2 aromatic rings. The lowest BCUT2D eigenvalue weighted by molar-refractivity contribution is -0.142. The van der Waals surface area contributed by atoms with E-state index in [1.54, 1.807) is 19.1 Å². The average Bonchev–Trinajstić information content (AvgIpc) is 2.61. The Morgan fingerprint density at radius 2 is 2.07 bits per heavy atom. The number of fused-ring (bicyclic) bond motifs is 1. The summed E-state index contributed by atoms with van der Waals surface area (Å²) in [5.41, 5.74) is 4.94. The summed E-state index contributed by atoms with van der Waals surface area (Å²) >= 11 is 1.93. The average molecular weight is 381 g/mol. The van der Waals surface area contributed by atoms with Crippen molar-refractivity contribution in [2.75, 3.05) is 12.4 Å². The van der Waals surface area contributed by atoms with Crippen molar-refractivity contribution in [2.24, 2.45) is 0 Å². The Hall–Kier alpha value is -2.32. The van der Waals surface area contributed by atoms with Crippen LogP contribution >= 0.6 is 11.8 Å². The van der Waals surface area contributed by atoms with Gasteiger partial charge >= 0.3 is 5.97 Å². The van der Waals surface area contributed by atoms with Crippen LogP contribution in [-0.4, -0.2) is 28.5 Å². The van der Waals surface area contributed by atoms with E-state index >= 15 is 0 Å². The molecule has 1 aromatic carbocycles. The van der Waals surface area contributed by atoms with Gasteiger partial charge in [0.1, 0.15) is 5.69 Å². The van der Waals surface area contributed by atoms with E-state index < -0.39 is 0 Å². The first kappa shape index (κ1) is 19.4. The molecule has 0 bridgehead atoms. The number of hydrogen-bond acceptors (Lipinski definition) is 5. The summed E-state index contributed by atoms with van der Waals surface area (Å²) in [5, 5.41) is 8.19. The normalized spacial score (nSPS) is 14.7. The first-order valence-corrected chi connectivity index (χ1v) is 10.2. The second-order valence-electron chi connectivity index (χ2n) is 7.29. The van der Waals surface area contributed by atoms with Crippen LogP contribution in [0.4, 0.5) is 0 Å². The fourth-order valence-electron chi connectivity index (χ4n) is 3.03. The van der Waals surface area contributed by atoms with Crippen LogP contribution in [0, 0.1) is 18.8 Å². The van der Waals surface area contributed by atoms with Gasteiger partial charge in [0.2, 0.25) is 0 Å². The number of esters is 1. The van der Waals surface area contributed by atoms with Gasteiger partial charge in [-0.05, 0) is 72.7 Å². The minimum Gasteiger partial charge on any atom is -0.466 e. The molecule has 0 aliphatic carbocycles. The van der Waals surface area contributed by atoms with E-state index in [1.165, 1.54) is 22.4 Å². The molecule has 1 aliphatic rings. The maximum Gasteiger partial charge on any atom is 0.311 e. The second-order valence-corrected chi connectivity index (χ2v) is 8.42. The summed E-state index contributed by atoms with van der Waals surface area (Å²) in [6, 6.07) is 8.04. The number of ether oxygens (including phenoxy) is 1. The van der Waals surface area contributed by atoms with E-state index in [-0.39, 0.29) is 17.8 Å². The molecule has 0 fully saturated rings. The fourth-order valence-corrected chi connectivity index (χ4v) is 4.61. The van der Waals surface area contributed by atoms with Crippen molar-refractivity contribution in [1.29, 1.82) is 0 Å². The highest BCUT2D eigenvalue weighted by Crippen LogP contribution is 2.42. The minimum absolute atomic E-state index is 0.130. The number of hydrogen-bond donors (Lipinski definition) is 0. The van der Waals surface area contributed by atoms with Crippen molar-refractivity contribution in [3.8, 4) is 11.8 Å². The van der Waals surface area contributed by atoms with Gasteiger partial charge in [0.05, 0.1) is 18.7 Å². The highest BCUT2D eigenvalue weighted by atomic mass is 32.2. The maximum atomic E-state index is 11.5. The molecule has 140 valence electrons. The Kier molecular flexibility index (Phi) is 5.86. The van der Waals surface area contributed by atoms with Gasteiger partial charge in [-0.15, -0.1) is 16.9 Å². The molecule has 0 atom stereocenters. The van der Waals surface area contributed by atoms with Crippen LogP contribution in [-0.2, 0) is 21.4 Å². The molecule has 0 spiro atoms. The summed E-state index contributed by atoms with van der Waals surface area (Å²) in [6.45, 7) is 8.84. The predicted molar refractivity (Wildman–Crippen MR) is 108 cm³/mol. The first-order valence-electron chi connectivity index (χ1n) is 9.17. The molecule has 0 unspecified atom stereocenters. The molecule has 2 heterocycles. The van der Waals surface area contributed by atoms with Crippen LogP contribution in [0.25, 0.3) is 0 Å². The van der Waals surface area contributed by atoms with Gasteiger partial charge in [0.25, 0.3) is 0 Å². The summed E-state index contributed by atoms with van der Waals surface area (Å²) in [5.74, 6) is 7.21. The molecular weight excluding hydrogens is 356 g/mol. The highest BCUT2D eigenvalue weighted by Gasteiger charge is 2.28. The summed E-state index contributed by atoms with van der Waals surface area (Å²) in [7, 11) is 0. The molecule has 0 saturated heterocycles. The number of carbonyl (C=O) groups is 1. The first-order chi connectivity index (χ1) is 12.9. The van der Waals surface area contributed by atoms with Crippen LogP contribution in [0.2, 0.25) is 0 Å². The van der Waals surface area contributed by atoms with E-state index in [4.69, 9.17) is 4.74 Å². The van der Waals surface area contributed by atoms with Crippen LogP contribution in [0.3, 0.4) is 0 Å². The van der Waals surface area contributed by atoms with Gasteiger partial charge in [-0.2, -0.15) is 5.10 Å². The summed E-state index contributed by atoms with van der Waals surface area (Å²) < 4.78 is 4.92.